The van der Waals surface area contributed by atoms with Crippen molar-refractivity contribution >= 4 is 27.4 Å². The van der Waals surface area contributed by atoms with E-state index in [1.165, 1.54) is 34.2 Å². The average molecular weight is 435 g/mol. The third-order valence-electron chi connectivity index (χ3n) is 5.80. The van der Waals surface area contributed by atoms with Gasteiger partial charge in [-0.1, -0.05) is 0 Å². The lowest BCUT2D eigenvalue weighted by Gasteiger charge is -2.24. The first-order chi connectivity index (χ1) is 15.1. The molecule has 4 aromatic rings. The standard InChI is InChI=1S/C22H26N8S/c1-29(2)17(14-10-26-30(3)13-14)12-25-21-19-15-6-4-5-7-18(15)31-22(19)28-20(27-21)16-11-23-8-9-24-16/h8-11,13,17H,4-7,12H2,1-3H3,(H,25,27,28). The number of aryl methyl sites for hydroxylation is 3. The maximum absolute atomic E-state index is 4.92. The molecule has 1 aliphatic rings. The molecule has 1 N–H and O–H groups in total. The van der Waals surface area contributed by atoms with E-state index in [4.69, 9.17) is 9.97 Å². The van der Waals surface area contributed by atoms with E-state index in [0.29, 0.717) is 11.5 Å². The van der Waals surface area contributed by atoms with E-state index >= 15 is 0 Å². The molecule has 31 heavy (non-hydrogen) atoms. The summed E-state index contributed by atoms with van der Waals surface area (Å²) in [5.41, 5.74) is 3.28. The van der Waals surface area contributed by atoms with Crippen molar-refractivity contribution in [1.29, 1.82) is 0 Å². The highest BCUT2D eigenvalue weighted by Crippen LogP contribution is 2.39. The number of likely N-dealkylation sites (N-methyl/N-ethyl adjacent to an activating group) is 1. The quantitative estimate of drug-likeness (QED) is 0.497. The lowest BCUT2D eigenvalue weighted by molar-refractivity contribution is 0.311. The Kier molecular flexibility index (Phi) is 5.37. The molecule has 0 fully saturated rings. The largest absolute Gasteiger partial charge is 0.367 e. The summed E-state index contributed by atoms with van der Waals surface area (Å²) >= 11 is 1.80. The van der Waals surface area contributed by atoms with E-state index in [1.54, 1.807) is 29.9 Å². The molecule has 1 atom stereocenters. The van der Waals surface area contributed by atoms with Crippen molar-refractivity contribution in [3.8, 4) is 11.5 Å². The molecule has 1 aliphatic carbocycles. The van der Waals surface area contributed by atoms with E-state index in [2.05, 4.69) is 45.6 Å². The van der Waals surface area contributed by atoms with Gasteiger partial charge in [0, 0.05) is 42.6 Å². The Balaban J connectivity index is 1.56. The van der Waals surface area contributed by atoms with Gasteiger partial charge in [0.2, 0.25) is 0 Å². The van der Waals surface area contributed by atoms with Gasteiger partial charge in [-0.3, -0.25) is 9.67 Å². The van der Waals surface area contributed by atoms with Crippen molar-refractivity contribution in [3.63, 3.8) is 0 Å². The van der Waals surface area contributed by atoms with Crippen LogP contribution in [0.25, 0.3) is 21.7 Å². The maximum atomic E-state index is 4.92. The highest BCUT2D eigenvalue weighted by atomic mass is 32.1. The van der Waals surface area contributed by atoms with Crippen molar-refractivity contribution in [2.45, 2.75) is 31.7 Å². The Morgan fingerprint density at radius 3 is 2.77 bits per heavy atom. The van der Waals surface area contributed by atoms with Gasteiger partial charge >= 0.3 is 0 Å². The van der Waals surface area contributed by atoms with Crippen molar-refractivity contribution in [2.75, 3.05) is 26.0 Å². The van der Waals surface area contributed by atoms with Crippen LogP contribution in [0, 0.1) is 0 Å². The SMILES string of the molecule is CN(C)C(CNc1nc(-c2cnccn2)nc2sc3c(c12)CCCC3)c1cnn(C)c1. The number of fused-ring (bicyclic) bond motifs is 3. The highest BCUT2D eigenvalue weighted by molar-refractivity contribution is 7.19. The Hall–Kier alpha value is -2.91. The minimum absolute atomic E-state index is 0.174. The van der Waals surface area contributed by atoms with Gasteiger partial charge in [0.15, 0.2) is 5.82 Å². The van der Waals surface area contributed by atoms with Gasteiger partial charge in [0.05, 0.1) is 23.8 Å². The van der Waals surface area contributed by atoms with Crippen LogP contribution in [0.5, 0.6) is 0 Å². The molecule has 0 spiro atoms. The first kappa shape index (κ1) is 20.0. The summed E-state index contributed by atoms with van der Waals surface area (Å²) in [5.74, 6) is 1.50. The van der Waals surface area contributed by atoms with Gasteiger partial charge in [0.25, 0.3) is 0 Å². The van der Waals surface area contributed by atoms with Gasteiger partial charge in [-0.2, -0.15) is 5.10 Å². The Morgan fingerprint density at radius 2 is 2.03 bits per heavy atom. The molecule has 0 saturated carbocycles. The first-order valence-corrected chi connectivity index (χ1v) is 11.4. The molecule has 0 aromatic carbocycles. The highest BCUT2D eigenvalue weighted by Gasteiger charge is 2.23. The van der Waals surface area contributed by atoms with Crippen LogP contribution in [-0.4, -0.2) is 55.3 Å². The van der Waals surface area contributed by atoms with Crippen LogP contribution in [0.4, 0.5) is 5.82 Å². The number of nitrogens with one attached hydrogen (secondary N) is 1. The van der Waals surface area contributed by atoms with E-state index in [1.807, 2.05) is 17.9 Å². The second-order valence-electron chi connectivity index (χ2n) is 8.19. The van der Waals surface area contributed by atoms with Gasteiger partial charge in [0.1, 0.15) is 16.3 Å². The van der Waals surface area contributed by atoms with Crippen molar-refractivity contribution < 1.29 is 0 Å². The van der Waals surface area contributed by atoms with E-state index < -0.39 is 0 Å². The average Bonchev–Trinajstić information content (AvgIpc) is 3.37. The molecule has 5 rings (SSSR count). The summed E-state index contributed by atoms with van der Waals surface area (Å²) in [5, 5.41) is 9.18. The summed E-state index contributed by atoms with van der Waals surface area (Å²) in [6.45, 7) is 0.718. The Labute approximate surface area is 185 Å². The molecule has 8 nitrogen and oxygen atoms in total. The second-order valence-corrected chi connectivity index (χ2v) is 9.27. The third-order valence-corrected chi connectivity index (χ3v) is 6.99. The molecule has 0 radical (unpaired) electrons. The van der Waals surface area contributed by atoms with Crippen LogP contribution in [0.3, 0.4) is 0 Å². The molecular weight excluding hydrogens is 408 g/mol. The predicted octanol–water partition coefficient (Wildman–Crippen LogP) is 3.48. The first-order valence-electron chi connectivity index (χ1n) is 10.6. The molecule has 4 aromatic heterocycles. The molecule has 0 aliphatic heterocycles. The van der Waals surface area contributed by atoms with Crippen molar-refractivity contribution in [2.24, 2.45) is 7.05 Å². The lowest BCUT2D eigenvalue weighted by atomic mass is 9.97. The maximum Gasteiger partial charge on any atom is 0.183 e. The number of thiophene rings is 1. The number of aromatic nitrogens is 6. The monoisotopic (exact) mass is 434 g/mol. The fourth-order valence-corrected chi connectivity index (χ4v) is 5.48. The molecule has 160 valence electrons. The molecule has 0 amide bonds. The zero-order valence-corrected chi connectivity index (χ0v) is 18.9. The van der Waals surface area contributed by atoms with E-state index in [9.17, 15) is 0 Å². The van der Waals surface area contributed by atoms with Crippen LogP contribution in [-0.2, 0) is 19.9 Å². The summed E-state index contributed by atoms with van der Waals surface area (Å²) in [7, 11) is 6.13. The summed E-state index contributed by atoms with van der Waals surface area (Å²) in [6.07, 6.45) is 13.8. The van der Waals surface area contributed by atoms with E-state index in [-0.39, 0.29) is 6.04 Å². The topological polar surface area (TPSA) is 84.7 Å². The minimum Gasteiger partial charge on any atom is -0.367 e. The fourth-order valence-electron chi connectivity index (χ4n) is 4.22. The van der Waals surface area contributed by atoms with Gasteiger partial charge in [-0.25, -0.2) is 15.0 Å². The zero-order chi connectivity index (χ0) is 21.4. The third kappa shape index (κ3) is 3.90. The molecule has 0 bridgehead atoms. The second kappa shape index (κ2) is 8.32. The van der Waals surface area contributed by atoms with Crippen molar-refractivity contribution in [1.82, 2.24) is 34.6 Å². The molecule has 1 unspecified atom stereocenters. The predicted molar refractivity (Wildman–Crippen MR) is 123 cm³/mol. The van der Waals surface area contributed by atoms with Crippen LogP contribution in [0.2, 0.25) is 0 Å². The van der Waals surface area contributed by atoms with E-state index in [0.717, 1.165) is 30.0 Å². The molecule has 4 heterocycles. The normalized spacial score (nSPS) is 14.7. The van der Waals surface area contributed by atoms with Crippen LogP contribution in [0.1, 0.15) is 34.9 Å². The molecule has 0 saturated heterocycles. The molecular formula is C22H26N8S. The lowest BCUT2D eigenvalue weighted by Crippen LogP contribution is -2.27. The van der Waals surface area contributed by atoms with Crippen molar-refractivity contribution in [3.05, 3.63) is 47.0 Å². The van der Waals surface area contributed by atoms with Crippen LogP contribution >= 0.6 is 11.3 Å². The summed E-state index contributed by atoms with van der Waals surface area (Å²) < 4.78 is 1.84. The number of hydrogen-bond acceptors (Lipinski definition) is 8. The number of hydrogen-bond donors (Lipinski definition) is 1. The number of anilines is 1. The van der Waals surface area contributed by atoms with Gasteiger partial charge in [-0.15, -0.1) is 11.3 Å². The van der Waals surface area contributed by atoms with Gasteiger partial charge in [-0.05, 0) is 45.3 Å². The number of rotatable bonds is 6. The Morgan fingerprint density at radius 1 is 1.16 bits per heavy atom. The minimum atomic E-state index is 0.174. The molecule has 9 heteroatoms. The van der Waals surface area contributed by atoms with Crippen LogP contribution < -0.4 is 5.32 Å². The van der Waals surface area contributed by atoms with Gasteiger partial charge < -0.3 is 10.2 Å². The van der Waals surface area contributed by atoms with Crippen LogP contribution in [0.15, 0.2) is 31.0 Å². The zero-order valence-electron chi connectivity index (χ0n) is 18.0. The smallest absolute Gasteiger partial charge is 0.183 e. The number of nitrogens with zero attached hydrogens (tertiary/aromatic N) is 7. The summed E-state index contributed by atoms with van der Waals surface area (Å²) in [6, 6.07) is 0.174. The fraction of sp³-hybridized carbons (Fsp3) is 0.409. The summed E-state index contributed by atoms with van der Waals surface area (Å²) in [4.78, 5) is 23.1. The Bertz CT molecular complexity index is 1200.